The number of nitrogens with one attached hydrogen (secondary N) is 1. The molecule has 0 spiro atoms. The minimum absolute atomic E-state index is 0.0212. The van der Waals surface area contributed by atoms with E-state index in [-0.39, 0.29) is 36.2 Å². The molecule has 0 unspecified atom stereocenters. The maximum Gasteiger partial charge on any atom is 0.243 e. The largest absolute Gasteiger partial charge is 0.395 e. The van der Waals surface area contributed by atoms with Crippen molar-refractivity contribution in [3.8, 4) is 0 Å². The van der Waals surface area contributed by atoms with Crippen molar-refractivity contribution in [3.63, 3.8) is 0 Å². The van der Waals surface area contributed by atoms with Gasteiger partial charge in [-0.3, -0.25) is 9.59 Å². The Kier molecular flexibility index (Phi) is 9.76. The Bertz CT molecular complexity index is 1320. The zero-order valence-electron chi connectivity index (χ0n) is 20.1. The zero-order chi connectivity index (χ0) is 27.0. The van der Waals surface area contributed by atoms with Crippen molar-refractivity contribution >= 4 is 39.1 Å². The summed E-state index contributed by atoms with van der Waals surface area (Å²) in [6, 6.07) is 18.7. The summed E-state index contributed by atoms with van der Waals surface area (Å²) in [7, 11) is -2.31. The van der Waals surface area contributed by atoms with E-state index in [4.69, 9.17) is 11.6 Å². The predicted octanol–water partition coefficient (Wildman–Crippen LogP) is 3.33. The Labute approximate surface area is 220 Å². The van der Waals surface area contributed by atoms with Crippen molar-refractivity contribution in [2.24, 2.45) is 0 Å². The van der Waals surface area contributed by atoms with E-state index in [9.17, 15) is 27.5 Å². The third-order valence-corrected chi connectivity index (χ3v) is 7.49. The van der Waals surface area contributed by atoms with Crippen LogP contribution >= 0.6 is 11.6 Å². The van der Waals surface area contributed by atoms with E-state index >= 15 is 0 Å². The molecule has 0 atom stereocenters. The molecule has 2 N–H and O–H groups in total. The second-order valence-corrected chi connectivity index (χ2v) is 10.7. The fourth-order valence-corrected chi connectivity index (χ4v) is 5.01. The molecule has 0 aliphatic carbocycles. The standard InChI is InChI=1S/C26H27ClFN3O5S/c1-30(18-19-5-3-2-4-6-19)37(35,36)24-9-7-23(8-10-24)31(11-12-32)26(34)16-25(33)29-17-20-13-21(27)15-22(28)14-20/h2-10,13-15,32H,11-12,16-18H2,1H3,(H,29,33). The molecule has 3 rings (SSSR count). The Morgan fingerprint density at radius 2 is 1.68 bits per heavy atom. The van der Waals surface area contributed by atoms with Gasteiger partial charge in [0.15, 0.2) is 0 Å². The number of amides is 2. The van der Waals surface area contributed by atoms with E-state index < -0.39 is 34.1 Å². The number of aliphatic hydroxyl groups excluding tert-OH is 1. The molecule has 0 aromatic heterocycles. The molecular formula is C26H27ClFN3O5S. The molecule has 0 aliphatic rings. The third-order valence-electron chi connectivity index (χ3n) is 5.45. The minimum Gasteiger partial charge on any atom is -0.395 e. The van der Waals surface area contributed by atoms with Crippen molar-refractivity contribution in [3.05, 3.63) is 94.8 Å². The lowest BCUT2D eigenvalue weighted by molar-refractivity contribution is -0.128. The molecular weight excluding hydrogens is 521 g/mol. The summed E-state index contributed by atoms with van der Waals surface area (Å²) in [5.74, 6) is -1.74. The molecule has 3 aromatic rings. The summed E-state index contributed by atoms with van der Waals surface area (Å²) >= 11 is 5.81. The van der Waals surface area contributed by atoms with Gasteiger partial charge in [0.1, 0.15) is 12.2 Å². The van der Waals surface area contributed by atoms with Gasteiger partial charge in [-0.15, -0.1) is 0 Å². The zero-order valence-corrected chi connectivity index (χ0v) is 21.7. The van der Waals surface area contributed by atoms with Crippen LogP contribution in [0.5, 0.6) is 0 Å². The van der Waals surface area contributed by atoms with Crippen LogP contribution in [0.25, 0.3) is 0 Å². The van der Waals surface area contributed by atoms with Crippen LogP contribution in [0.15, 0.2) is 77.7 Å². The van der Waals surface area contributed by atoms with E-state index in [1.807, 2.05) is 30.3 Å². The average Bonchev–Trinajstić information content (AvgIpc) is 2.86. The molecule has 37 heavy (non-hydrogen) atoms. The molecule has 8 nitrogen and oxygen atoms in total. The van der Waals surface area contributed by atoms with Crippen LogP contribution in [-0.4, -0.2) is 49.8 Å². The number of halogens is 2. The van der Waals surface area contributed by atoms with Crippen LogP contribution in [0, 0.1) is 5.82 Å². The van der Waals surface area contributed by atoms with Crippen molar-refractivity contribution in [1.82, 2.24) is 9.62 Å². The monoisotopic (exact) mass is 547 g/mol. The van der Waals surface area contributed by atoms with E-state index in [2.05, 4.69) is 5.32 Å². The van der Waals surface area contributed by atoms with Gasteiger partial charge in [0.2, 0.25) is 21.8 Å². The smallest absolute Gasteiger partial charge is 0.243 e. The van der Waals surface area contributed by atoms with E-state index in [1.54, 1.807) is 0 Å². The highest BCUT2D eigenvalue weighted by Gasteiger charge is 2.23. The van der Waals surface area contributed by atoms with Crippen LogP contribution < -0.4 is 10.2 Å². The second-order valence-electron chi connectivity index (χ2n) is 8.24. The number of hydrogen-bond acceptors (Lipinski definition) is 5. The maximum absolute atomic E-state index is 13.5. The highest BCUT2D eigenvalue weighted by atomic mass is 35.5. The number of hydrogen-bond donors (Lipinski definition) is 2. The fourth-order valence-electron chi connectivity index (χ4n) is 3.61. The van der Waals surface area contributed by atoms with Crippen LogP contribution in [0.4, 0.5) is 10.1 Å². The van der Waals surface area contributed by atoms with Crippen molar-refractivity contribution in [2.75, 3.05) is 25.1 Å². The van der Waals surface area contributed by atoms with Crippen LogP contribution in [0.1, 0.15) is 17.5 Å². The van der Waals surface area contributed by atoms with Crippen LogP contribution in [0.2, 0.25) is 5.02 Å². The SMILES string of the molecule is CN(Cc1ccccc1)S(=O)(=O)c1ccc(N(CCO)C(=O)CC(=O)NCc2cc(F)cc(Cl)c2)cc1. The molecule has 0 saturated carbocycles. The normalized spacial score (nSPS) is 11.4. The summed E-state index contributed by atoms with van der Waals surface area (Å²) in [5, 5.41) is 12.2. The van der Waals surface area contributed by atoms with Gasteiger partial charge in [-0.05, 0) is 53.6 Å². The average molecular weight is 548 g/mol. The quantitative estimate of drug-likeness (QED) is 0.358. The molecule has 0 aliphatic heterocycles. The molecule has 0 fully saturated rings. The summed E-state index contributed by atoms with van der Waals surface area (Å²) < 4.78 is 40.6. The lowest BCUT2D eigenvalue weighted by Crippen LogP contribution is -2.37. The number of carbonyl (C=O) groups excluding carboxylic acids is 2. The van der Waals surface area contributed by atoms with Gasteiger partial charge in [0, 0.05) is 37.4 Å². The molecule has 196 valence electrons. The van der Waals surface area contributed by atoms with Gasteiger partial charge in [0.25, 0.3) is 0 Å². The lowest BCUT2D eigenvalue weighted by atomic mass is 10.2. The van der Waals surface area contributed by atoms with Gasteiger partial charge in [-0.25, -0.2) is 12.8 Å². The van der Waals surface area contributed by atoms with Gasteiger partial charge >= 0.3 is 0 Å². The Hall–Kier alpha value is -3.31. The van der Waals surface area contributed by atoms with Crippen LogP contribution in [-0.2, 0) is 32.7 Å². The Balaban J connectivity index is 1.66. The van der Waals surface area contributed by atoms with Crippen molar-refractivity contribution in [1.29, 1.82) is 0 Å². The van der Waals surface area contributed by atoms with Gasteiger partial charge in [-0.1, -0.05) is 41.9 Å². The molecule has 2 amide bonds. The van der Waals surface area contributed by atoms with Crippen molar-refractivity contribution < 1.29 is 27.5 Å². The van der Waals surface area contributed by atoms with Crippen molar-refractivity contribution in [2.45, 2.75) is 24.4 Å². The minimum atomic E-state index is -3.79. The number of aliphatic hydroxyl groups is 1. The van der Waals surface area contributed by atoms with E-state index in [1.165, 1.54) is 52.7 Å². The predicted molar refractivity (Wildman–Crippen MR) is 139 cm³/mol. The number of benzene rings is 3. The molecule has 0 radical (unpaired) electrons. The third kappa shape index (κ3) is 7.83. The number of nitrogens with zero attached hydrogens (tertiary/aromatic N) is 2. The van der Waals surface area contributed by atoms with Gasteiger partial charge in [0.05, 0.1) is 11.5 Å². The first kappa shape index (κ1) is 28.3. The highest BCUT2D eigenvalue weighted by Crippen LogP contribution is 2.22. The molecule has 11 heteroatoms. The van der Waals surface area contributed by atoms with Gasteiger partial charge < -0.3 is 15.3 Å². The van der Waals surface area contributed by atoms with Crippen LogP contribution in [0.3, 0.4) is 0 Å². The molecule has 0 heterocycles. The number of carbonyl (C=O) groups is 2. The summed E-state index contributed by atoms with van der Waals surface area (Å²) in [6.07, 6.45) is -0.525. The fraction of sp³-hybridized carbons (Fsp3) is 0.231. The van der Waals surface area contributed by atoms with E-state index in [0.29, 0.717) is 11.3 Å². The lowest BCUT2D eigenvalue weighted by Gasteiger charge is -2.23. The summed E-state index contributed by atoms with van der Waals surface area (Å²) in [4.78, 5) is 26.4. The maximum atomic E-state index is 13.5. The second kappa shape index (κ2) is 12.8. The summed E-state index contributed by atoms with van der Waals surface area (Å²) in [6.45, 7) is -0.287. The highest BCUT2D eigenvalue weighted by molar-refractivity contribution is 7.89. The number of rotatable bonds is 11. The number of anilines is 1. The Morgan fingerprint density at radius 1 is 1.00 bits per heavy atom. The topological polar surface area (TPSA) is 107 Å². The Morgan fingerprint density at radius 3 is 2.30 bits per heavy atom. The van der Waals surface area contributed by atoms with Gasteiger partial charge in [-0.2, -0.15) is 4.31 Å². The summed E-state index contributed by atoms with van der Waals surface area (Å²) in [5.41, 5.74) is 1.60. The first-order valence-electron chi connectivity index (χ1n) is 11.3. The first-order valence-corrected chi connectivity index (χ1v) is 13.1. The number of sulfonamides is 1. The molecule has 0 saturated heterocycles. The molecule has 3 aromatic carbocycles. The van der Waals surface area contributed by atoms with E-state index in [0.717, 1.165) is 11.6 Å². The first-order chi connectivity index (χ1) is 17.6. The molecule has 0 bridgehead atoms.